The third-order valence-corrected chi connectivity index (χ3v) is 8.54. The van der Waals surface area contributed by atoms with E-state index < -0.39 is 5.41 Å². The molecule has 0 amide bonds. The van der Waals surface area contributed by atoms with Crippen LogP contribution in [0.2, 0.25) is 5.15 Å². The number of benzene rings is 1. The molecule has 0 atom stereocenters. The molecule has 0 aliphatic heterocycles. The second-order valence-electron chi connectivity index (χ2n) is 11.2. The smallest absolute Gasteiger partial charge is 0.269 e. The van der Waals surface area contributed by atoms with Gasteiger partial charge in [0.05, 0.1) is 32.6 Å². The summed E-state index contributed by atoms with van der Waals surface area (Å²) in [6.07, 6.45) is 5.37. The molecule has 3 aromatic heterocycles. The predicted molar refractivity (Wildman–Crippen MR) is 158 cm³/mol. The molecular formula is C28H31BrClN5O2S. The third-order valence-electron chi connectivity index (χ3n) is 5.99. The van der Waals surface area contributed by atoms with Gasteiger partial charge >= 0.3 is 0 Å². The minimum absolute atomic E-state index is 0.0653. The van der Waals surface area contributed by atoms with Gasteiger partial charge in [0.2, 0.25) is 0 Å². The Hall–Kier alpha value is -2.75. The van der Waals surface area contributed by atoms with Gasteiger partial charge in [-0.25, -0.2) is 4.68 Å². The lowest BCUT2D eigenvalue weighted by Crippen LogP contribution is -2.33. The summed E-state index contributed by atoms with van der Waals surface area (Å²) < 4.78 is 6.65. The number of carbonyl (C=O) groups is 1. The minimum atomic E-state index is -0.583. The number of aryl methyl sites for hydroxylation is 1. The van der Waals surface area contributed by atoms with Crippen LogP contribution in [0.5, 0.6) is 0 Å². The molecule has 0 aliphatic rings. The van der Waals surface area contributed by atoms with Crippen molar-refractivity contribution in [1.82, 2.24) is 24.1 Å². The fourth-order valence-corrected chi connectivity index (χ4v) is 5.47. The van der Waals surface area contributed by atoms with Crippen molar-refractivity contribution in [2.24, 2.45) is 12.5 Å². The number of aromatic nitrogens is 5. The first-order chi connectivity index (χ1) is 17.7. The molecule has 0 saturated heterocycles. The highest BCUT2D eigenvalue weighted by Gasteiger charge is 2.23. The molecule has 0 N–H and O–H groups in total. The van der Waals surface area contributed by atoms with Crippen molar-refractivity contribution < 1.29 is 4.79 Å². The van der Waals surface area contributed by atoms with E-state index in [4.69, 9.17) is 16.7 Å². The van der Waals surface area contributed by atoms with Crippen LogP contribution >= 0.6 is 38.9 Å². The number of nitrogens with zero attached hydrogens (tertiary/aromatic N) is 5. The number of ketones is 1. The lowest BCUT2D eigenvalue weighted by atomic mass is 9.89. The first-order valence-electron chi connectivity index (χ1n) is 12.2. The quantitative estimate of drug-likeness (QED) is 0.323. The summed E-state index contributed by atoms with van der Waals surface area (Å²) in [4.78, 5) is 26.7. The molecule has 4 aromatic rings. The number of Topliss-reactive ketones (excluding diaryl/α,β-unsaturated/α-hetero) is 1. The Morgan fingerprint density at radius 3 is 2.32 bits per heavy atom. The summed E-state index contributed by atoms with van der Waals surface area (Å²) in [6, 6.07) is 9.87. The van der Waals surface area contributed by atoms with E-state index in [-0.39, 0.29) is 23.3 Å². The summed E-state index contributed by atoms with van der Waals surface area (Å²) in [7, 11) is 1.74. The molecule has 7 nitrogen and oxygen atoms in total. The monoisotopic (exact) mass is 615 g/mol. The molecule has 0 radical (unpaired) electrons. The van der Waals surface area contributed by atoms with Gasteiger partial charge in [-0.2, -0.15) is 10.2 Å². The Bertz CT molecular complexity index is 1680. The molecule has 200 valence electrons. The van der Waals surface area contributed by atoms with Gasteiger partial charge in [0.15, 0.2) is 5.78 Å². The molecule has 0 fully saturated rings. The summed E-state index contributed by atoms with van der Waals surface area (Å²) in [5.41, 5.74) is 2.22. The largest absolute Gasteiger partial charge is 0.294 e. The normalized spacial score (nSPS) is 13.5. The zero-order chi connectivity index (χ0) is 28.0. The van der Waals surface area contributed by atoms with E-state index in [1.807, 2.05) is 68.1 Å². The number of hydrogen-bond donors (Lipinski definition) is 0. The Balaban J connectivity index is 1.94. The first kappa shape index (κ1) is 28.3. The van der Waals surface area contributed by atoms with Crippen LogP contribution in [0.3, 0.4) is 0 Å². The van der Waals surface area contributed by atoms with Crippen molar-refractivity contribution in [3.63, 3.8) is 0 Å². The van der Waals surface area contributed by atoms with Gasteiger partial charge < -0.3 is 0 Å². The highest BCUT2D eigenvalue weighted by Crippen LogP contribution is 2.27. The highest BCUT2D eigenvalue weighted by molar-refractivity contribution is 9.10. The van der Waals surface area contributed by atoms with Gasteiger partial charge in [-0.15, -0.1) is 11.3 Å². The Morgan fingerprint density at radius 1 is 1.11 bits per heavy atom. The minimum Gasteiger partial charge on any atom is -0.294 e. The topological polar surface area (TPSA) is 74.7 Å². The van der Waals surface area contributed by atoms with Crippen LogP contribution in [-0.4, -0.2) is 29.9 Å². The van der Waals surface area contributed by atoms with Crippen molar-refractivity contribution in [2.45, 2.75) is 53.5 Å². The summed E-state index contributed by atoms with van der Waals surface area (Å²) in [5.74, 6) is -0.0653. The van der Waals surface area contributed by atoms with Gasteiger partial charge in [0, 0.05) is 35.7 Å². The Labute approximate surface area is 239 Å². The molecule has 38 heavy (non-hydrogen) atoms. The number of thiazole rings is 1. The fourth-order valence-electron chi connectivity index (χ4n) is 3.83. The summed E-state index contributed by atoms with van der Waals surface area (Å²) in [6.45, 7) is 12.0. The number of carbonyl (C=O) groups excluding carboxylic acids is 1. The van der Waals surface area contributed by atoms with E-state index >= 15 is 0 Å². The summed E-state index contributed by atoms with van der Waals surface area (Å²) in [5, 5.41) is 9.76. The predicted octanol–water partition coefficient (Wildman–Crippen LogP) is 4.82. The van der Waals surface area contributed by atoms with Crippen LogP contribution in [0.25, 0.3) is 17.8 Å². The Morgan fingerprint density at radius 2 is 1.76 bits per heavy atom. The second-order valence-corrected chi connectivity index (χ2v) is 13.5. The van der Waals surface area contributed by atoms with Crippen LogP contribution in [0.1, 0.15) is 58.5 Å². The molecule has 4 rings (SSSR count). The fraction of sp³-hybridized carbons (Fsp3) is 0.357. The first-order valence-corrected chi connectivity index (χ1v) is 14.2. The van der Waals surface area contributed by atoms with Crippen molar-refractivity contribution >= 4 is 56.8 Å². The lowest BCUT2D eigenvalue weighted by Gasteiger charge is -2.16. The molecule has 0 saturated carbocycles. The average Bonchev–Trinajstić information content (AvgIpc) is 3.46. The number of para-hydroxylation sites is 1. The van der Waals surface area contributed by atoms with E-state index in [9.17, 15) is 9.59 Å². The average molecular weight is 617 g/mol. The van der Waals surface area contributed by atoms with E-state index in [1.165, 1.54) is 11.3 Å². The molecule has 1 aromatic carbocycles. The highest BCUT2D eigenvalue weighted by atomic mass is 79.9. The zero-order valence-corrected chi connectivity index (χ0v) is 25.7. The van der Waals surface area contributed by atoms with E-state index in [2.05, 4.69) is 41.8 Å². The van der Waals surface area contributed by atoms with Crippen LogP contribution in [0.4, 0.5) is 0 Å². The maximum atomic E-state index is 13.8. The van der Waals surface area contributed by atoms with Crippen molar-refractivity contribution in [2.75, 3.05) is 0 Å². The van der Waals surface area contributed by atoms with Crippen LogP contribution in [0, 0.1) is 5.41 Å². The maximum Gasteiger partial charge on any atom is 0.269 e. The van der Waals surface area contributed by atoms with E-state index in [0.29, 0.717) is 24.5 Å². The summed E-state index contributed by atoms with van der Waals surface area (Å²) >= 11 is 11.1. The van der Waals surface area contributed by atoms with Crippen molar-refractivity contribution in [3.05, 3.63) is 82.7 Å². The zero-order valence-electron chi connectivity index (χ0n) is 22.5. The Kier molecular flexibility index (Phi) is 7.76. The molecular weight excluding hydrogens is 586 g/mol. The third kappa shape index (κ3) is 5.80. The number of rotatable bonds is 5. The molecule has 10 heteroatoms. The second kappa shape index (κ2) is 10.4. The van der Waals surface area contributed by atoms with Gasteiger partial charge in [-0.1, -0.05) is 71.3 Å². The van der Waals surface area contributed by atoms with Gasteiger partial charge in [0.25, 0.3) is 5.56 Å². The molecule has 0 aliphatic carbocycles. The van der Waals surface area contributed by atoms with E-state index in [1.54, 1.807) is 22.4 Å². The van der Waals surface area contributed by atoms with Crippen molar-refractivity contribution in [1.29, 1.82) is 0 Å². The van der Waals surface area contributed by atoms with Gasteiger partial charge in [0.1, 0.15) is 9.82 Å². The van der Waals surface area contributed by atoms with Crippen molar-refractivity contribution in [3.8, 4) is 5.69 Å². The number of hydrogen-bond acceptors (Lipinski definition) is 5. The van der Waals surface area contributed by atoms with Gasteiger partial charge in [-0.05, 0) is 34.1 Å². The number of halogens is 2. The SMILES string of the molecule is Cn1nc(Cn2c(=O)/c(=C/c3cn(-c4ccccc4)nc3C(C)(C)C)s/c2=C/C(=O)C(C)(C)C)c(Br)c1Cl. The lowest BCUT2D eigenvalue weighted by molar-refractivity contribution is -0.120. The van der Waals surface area contributed by atoms with Crippen LogP contribution < -0.4 is 14.8 Å². The molecule has 3 heterocycles. The van der Waals surface area contributed by atoms with E-state index in [0.717, 1.165) is 16.9 Å². The molecule has 0 unspecified atom stereocenters. The molecule has 0 bridgehead atoms. The maximum absolute atomic E-state index is 13.8. The molecule has 0 spiro atoms. The van der Waals surface area contributed by atoms with Crippen LogP contribution in [0.15, 0.2) is 45.8 Å². The van der Waals surface area contributed by atoms with Crippen LogP contribution in [-0.2, 0) is 23.8 Å². The van der Waals surface area contributed by atoms with Gasteiger partial charge in [-0.3, -0.25) is 18.8 Å². The standard InChI is InChI=1S/C28H31BrClN5O2S/c1-27(2,3)21(36)14-22-34(16-19-23(29)25(30)33(7)31-19)26(37)20(38-22)13-17-15-35(18-11-9-8-10-12-18)32-24(17)28(4,5)6/h8-15H,16H2,1-7H3/b20-13-,22-14+.